The molecule has 1 saturated heterocycles. The van der Waals surface area contributed by atoms with E-state index in [1.807, 2.05) is 6.92 Å². The lowest BCUT2D eigenvalue weighted by molar-refractivity contribution is 0.228. The number of aryl methyl sites for hydroxylation is 1. The molecular weight excluding hydrogens is 427 g/mol. The molecule has 3 aromatic rings. The van der Waals surface area contributed by atoms with E-state index in [4.69, 9.17) is 0 Å². The van der Waals surface area contributed by atoms with Crippen LogP contribution in [-0.4, -0.2) is 49.4 Å². The molecule has 1 fully saturated rings. The van der Waals surface area contributed by atoms with Gasteiger partial charge >= 0.3 is 0 Å². The third-order valence-corrected chi connectivity index (χ3v) is 6.70. The highest BCUT2D eigenvalue weighted by Crippen LogP contribution is 2.35. The number of nitrogens with zero attached hydrogens (tertiary/aromatic N) is 6. The van der Waals surface area contributed by atoms with Gasteiger partial charge in [0.1, 0.15) is 17.8 Å². The lowest BCUT2D eigenvalue weighted by Crippen LogP contribution is -2.39. The Bertz CT molecular complexity index is 1080. The quantitative estimate of drug-likeness (QED) is 0.655. The van der Waals surface area contributed by atoms with Gasteiger partial charge in [0, 0.05) is 36.6 Å². The molecule has 31 heavy (non-hydrogen) atoms. The van der Waals surface area contributed by atoms with Crippen LogP contribution in [0.25, 0.3) is 0 Å². The zero-order valence-electron chi connectivity index (χ0n) is 16.9. The van der Waals surface area contributed by atoms with E-state index in [2.05, 4.69) is 29.7 Å². The molecule has 11 heteroatoms. The fourth-order valence-electron chi connectivity index (χ4n) is 4.26. The summed E-state index contributed by atoms with van der Waals surface area (Å²) in [6, 6.07) is 3.87. The van der Waals surface area contributed by atoms with Gasteiger partial charge in [-0.15, -0.1) is 5.10 Å². The number of anilines is 2. The average molecular weight is 450 g/mol. The highest BCUT2D eigenvalue weighted by atomic mass is 32.1. The Morgan fingerprint density at radius 1 is 1.13 bits per heavy atom. The molecule has 4 heterocycles. The van der Waals surface area contributed by atoms with Crippen molar-refractivity contribution in [2.45, 2.75) is 50.9 Å². The lowest BCUT2D eigenvalue weighted by atomic mass is 9.90. The summed E-state index contributed by atoms with van der Waals surface area (Å²) in [5.41, 5.74) is 0.502. The second kappa shape index (κ2) is 8.10. The van der Waals surface area contributed by atoms with Crippen molar-refractivity contribution >= 4 is 22.6 Å². The summed E-state index contributed by atoms with van der Waals surface area (Å²) in [4.78, 5) is 11.3. The minimum atomic E-state index is -1.13. The maximum absolute atomic E-state index is 14.4. The summed E-state index contributed by atoms with van der Waals surface area (Å²) < 4.78 is 47.2. The summed E-state index contributed by atoms with van der Waals surface area (Å²) in [5, 5.41) is 8.75. The molecule has 0 amide bonds. The summed E-state index contributed by atoms with van der Waals surface area (Å²) in [6.45, 7) is 3.70. The molecule has 2 atom stereocenters. The van der Waals surface area contributed by atoms with Gasteiger partial charge in [-0.25, -0.2) is 22.8 Å². The number of nitrogens with one attached hydrogen (secondary N) is 1. The third-order valence-electron chi connectivity index (χ3n) is 5.84. The molecule has 0 aliphatic carbocycles. The summed E-state index contributed by atoms with van der Waals surface area (Å²) >= 11 is 1.41. The van der Waals surface area contributed by atoms with Gasteiger partial charge in [0.25, 0.3) is 0 Å². The molecule has 0 saturated carbocycles. The number of rotatable bonds is 4. The minimum absolute atomic E-state index is 0.110. The van der Waals surface area contributed by atoms with Gasteiger partial charge in [-0.05, 0) is 43.9 Å². The van der Waals surface area contributed by atoms with E-state index >= 15 is 0 Å². The second-order valence-electron chi connectivity index (χ2n) is 8.06. The fourth-order valence-corrected chi connectivity index (χ4v) is 4.98. The van der Waals surface area contributed by atoms with E-state index in [1.54, 1.807) is 4.68 Å². The molecule has 7 nitrogen and oxygen atoms in total. The molecule has 0 bridgehead atoms. The molecule has 2 aliphatic rings. The zero-order chi connectivity index (χ0) is 21.5. The van der Waals surface area contributed by atoms with Gasteiger partial charge in [0.15, 0.2) is 11.6 Å². The summed E-state index contributed by atoms with van der Waals surface area (Å²) in [7, 11) is 0. The first-order valence-electron chi connectivity index (χ1n) is 10.3. The van der Waals surface area contributed by atoms with Crippen LogP contribution in [0.4, 0.5) is 24.3 Å². The highest BCUT2D eigenvalue weighted by Gasteiger charge is 2.32. The normalized spacial score (nSPS) is 21.9. The minimum Gasteiger partial charge on any atom is -0.350 e. The van der Waals surface area contributed by atoms with Crippen LogP contribution in [0.3, 0.4) is 0 Å². The van der Waals surface area contributed by atoms with Crippen molar-refractivity contribution < 1.29 is 13.2 Å². The largest absolute Gasteiger partial charge is 0.350 e. The van der Waals surface area contributed by atoms with Gasteiger partial charge in [0.2, 0.25) is 11.1 Å². The predicted molar refractivity (Wildman–Crippen MR) is 111 cm³/mol. The number of piperidine rings is 1. The SMILES string of the molecule is Cc1nsc(N2CCC(Nc3nc4n(n3)CC(F)CC4c3ccc(F)c(F)c3)CC2)n1. The second-order valence-corrected chi connectivity index (χ2v) is 8.79. The molecular formula is C20H22F3N7S. The molecule has 0 radical (unpaired) electrons. The van der Waals surface area contributed by atoms with Crippen LogP contribution in [0, 0.1) is 18.6 Å². The Labute approximate surface area is 181 Å². The molecule has 164 valence electrons. The van der Waals surface area contributed by atoms with Crippen LogP contribution in [0.5, 0.6) is 0 Å². The first-order chi connectivity index (χ1) is 15.0. The van der Waals surface area contributed by atoms with Gasteiger partial charge in [-0.2, -0.15) is 9.36 Å². The van der Waals surface area contributed by atoms with Crippen molar-refractivity contribution in [2.75, 3.05) is 23.3 Å². The van der Waals surface area contributed by atoms with Gasteiger partial charge in [0.05, 0.1) is 6.54 Å². The molecule has 5 rings (SSSR count). The Kier molecular flexibility index (Phi) is 5.28. The van der Waals surface area contributed by atoms with Crippen molar-refractivity contribution in [1.29, 1.82) is 0 Å². The maximum Gasteiger partial charge on any atom is 0.242 e. The predicted octanol–water partition coefficient (Wildman–Crippen LogP) is 3.67. The molecule has 1 aromatic carbocycles. The first kappa shape index (κ1) is 20.2. The Hall–Kier alpha value is -2.69. The van der Waals surface area contributed by atoms with E-state index < -0.39 is 23.7 Å². The van der Waals surface area contributed by atoms with Crippen molar-refractivity contribution in [3.8, 4) is 0 Å². The van der Waals surface area contributed by atoms with Crippen molar-refractivity contribution in [2.24, 2.45) is 0 Å². The van der Waals surface area contributed by atoms with Gasteiger partial charge in [-0.3, -0.25) is 0 Å². The number of benzene rings is 1. The number of alkyl halides is 1. The van der Waals surface area contributed by atoms with Crippen LogP contribution in [0.15, 0.2) is 18.2 Å². The molecule has 1 N–H and O–H groups in total. The first-order valence-corrected chi connectivity index (χ1v) is 11.1. The van der Waals surface area contributed by atoms with Crippen LogP contribution in [0.2, 0.25) is 0 Å². The van der Waals surface area contributed by atoms with Crippen molar-refractivity contribution in [3.63, 3.8) is 0 Å². The number of hydrogen-bond acceptors (Lipinski definition) is 7. The third kappa shape index (κ3) is 4.10. The van der Waals surface area contributed by atoms with Crippen LogP contribution in [0.1, 0.15) is 42.4 Å². The zero-order valence-corrected chi connectivity index (χ0v) is 17.7. The fraction of sp³-hybridized carbons (Fsp3) is 0.500. The summed E-state index contributed by atoms with van der Waals surface area (Å²) in [5.74, 6) is -0.527. The van der Waals surface area contributed by atoms with E-state index in [9.17, 15) is 13.2 Å². The number of hydrogen-bond donors (Lipinski definition) is 1. The van der Waals surface area contributed by atoms with Crippen LogP contribution in [-0.2, 0) is 6.54 Å². The van der Waals surface area contributed by atoms with E-state index in [0.717, 1.165) is 49.0 Å². The number of halogens is 3. The highest BCUT2D eigenvalue weighted by molar-refractivity contribution is 7.09. The Morgan fingerprint density at radius 3 is 2.65 bits per heavy atom. The molecule has 0 spiro atoms. The maximum atomic E-state index is 14.4. The smallest absolute Gasteiger partial charge is 0.242 e. The monoisotopic (exact) mass is 449 g/mol. The number of aromatic nitrogens is 5. The van der Waals surface area contributed by atoms with Crippen molar-refractivity contribution in [1.82, 2.24) is 24.1 Å². The number of fused-ring (bicyclic) bond motifs is 1. The van der Waals surface area contributed by atoms with Crippen LogP contribution >= 0.6 is 11.5 Å². The van der Waals surface area contributed by atoms with E-state index in [0.29, 0.717) is 17.3 Å². The van der Waals surface area contributed by atoms with Gasteiger partial charge in [-0.1, -0.05) is 6.07 Å². The molecule has 2 unspecified atom stereocenters. The topological polar surface area (TPSA) is 71.8 Å². The molecule has 2 aliphatic heterocycles. The lowest BCUT2D eigenvalue weighted by Gasteiger charge is -2.31. The van der Waals surface area contributed by atoms with Crippen molar-refractivity contribution in [3.05, 3.63) is 47.0 Å². The molecule has 2 aromatic heterocycles. The van der Waals surface area contributed by atoms with Gasteiger partial charge < -0.3 is 10.2 Å². The standard InChI is InChI=1S/C20H22F3N7S/c1-11-24-20(31-28-11)29-6-4-14(5-7-29)25-19-26-18-15(9-13(21)10-30(18)27-19)12-2-3-16(22)17(23)8-12/h2-3,8,13-15H,4-7,9-10H2,1H3,(H,25,27). The van der Waals surface area contributed by atoms with E-state index in [1.165, 1.54) is 17.6 Å². The Morgan fingerprint density at radius 2 is 1.94 bits per heavy atom. The van der Waals surface area contributed by atoms with Crippen LogP contribution < -0.4 is 10.2 Å². The summed E-state index contributed by atoms with van der Waals surface area (Å²) in [6.07, 6.45) is 0.823. The van der Waals surface area contributed by atoms with E-state index in [-0.39, 0.29) is 19.0 Å². The Balaban J connectivity index is 1.29. The average Bonchev–Trinajstić information content (AvgIpc) is 3.36.